The number of hydrogen-bond acceptors (Lipinski definition) is 4. The van der Waals surface area contributed by atoms with Gasteiger partial charge in [0.1, 0.15) is 5.75 Å². The topological polar surface area (TPSA) is 73.2 Å². The molecule has 0 fully saturated rings. The van der Waals surface area contributed by atoms with E-state index in [1.165, 1.54) is 4.68 Å². The Morgan fingerprint density at radius 1 is 0.933 bits per heavy atom. The lowest BCUT2D eigenvalue weighted by molar-refractivity contribution is -0.118. The highest BCUT2D eigenvalue weighted by molar-refractivity contribution is 6.34. The van der Waals surface area contributed by atoms with Gasteiger partial charge in [0.2, 0.25) is 0 Å². The molecule has 5 rings (SSSR count). The number of nitrogens with zero attached hydrogens (tertiary/aromatic N) is 2. The molecule has 6 nitrogen and oxygen atoms in total. The molecule has 0 radical (unpaired) electrons. The Bertz CT molecular complexity index is 1380. The number of anilines is 1. The fraction of sp³-hybridized carbons (Fsp3) is 0.0455. The quantitative estimate of drug-likeness (QED) is 0.493. The van der Waals surface area contributed by atoms with Crippen LogP contribution in [0.2, 0.25) is 10.0 Å². The second kappa shape index (κ2) is 7.16. The van der Waals surface area contributed by atoms with E-state index < -0.39 is 0 Å². The van der Waals surface area contributed by atoms with Crippen LogP contribution in [0, 0.1) is 0 Å². The maximum Gasteiger partial charge on any atom is 0.279 e. The molecule has 1 aliphatic heterocycles. The van der Waals surface area contributed by atoms with Crippen LogP contribution in [0.4, 0.5) is 5.69 Å². The van der Waals surface area contributed by atoms with Crippen LogP contribution >= 0.6 is 23.2 Å². The van der Waals surface area contributed by atoms with Gasteiger partial charge in [-0.2, -0.15) is 9.78 Å². The third kappa shape index (κ3) is 3.20. The molecule has 1 aliphatic rings. The standard InChI is InChI=1S/C22H13Cl2N3O3/c23-13-8-14(24)10-15(9-13)27-22(29)17-4-2-1-3-16(17)21(26-27)12-5-6-19-18(7-12)25-20(28)11-30-19/h1-10H,11H2,(H,25,28). The molecule has 4 aromatic rings. The van der Waals surface area contributed by atoms with Crippen LogP contribution in [0.25, 0.3) is 27.7 Å². The van der Waals surface area contributed by atoms with E-state index >= 15 is 0 Å². The zero-order valence-electron chi connectivity index (χ0n) is 15.4. The average molecular weight is 438 g/mol. The third-order valence-electron chi connectivity index (χ3n) is 4.78. The summed E-state index contributed by atoms with van der Waals surface area (Å²) in [6.07, 6.45) is 0. The Labute approximate surface area is 180 Å². The molecule has 148 valence electrons. The summed E-state index contributed by atoms with van der Waals surface area (Å²) in [5, 5.41) is 9.40. The zero-order valence-corrected chi connectivity index (χ0v) is 16.9. The molecule has 1 N–H and O–H groups in total. The van der Waals surface area contributed by atoms with Crippen molar-refractivity contribution in [2.24, 2.45) is 0 Å². The highest BCUT2D eigenvalue weighted by atomic mass is 35.5. The van der Waals surface area contributed by atoms with Crippen molar-refractivity contribution in [1.29, 1.82) is 0 Å². The summed E-state index contributed by atoms with van der Waals surface area (Å²) in [5.74, 6) is 0.355. The van der Waals surface area contributed by atoms with Gasteiger partial charge in [-0.3, -0.25) is 9.59 Å². The Morgan fingerprint density at radius 2 is 1.67 bits per heavy atom. The van der Waals surface area contributed by atoms with Crippen molar-refractivity contribution >= 4 is 45.6 Å². The molecule has 0 saturated carbocycles. The number of ether oxygens (including phenoxy) is 1. The lowest BCUT2D eigenvalue weighted by Gasteiger charge is -2.19. The van der Waals surface area contributed by atoms with Gasteiger partial charge in [0.15, 0.2) is 6.61 Å². The minimum absolute atomic E-state index is 0.0199. The third-order valence-corrected chi connectivity index (χ3v) is 5.22. The van der Waals surface area contributed by atoms with E-state index in [1.807, 2.05) is 18.2 Å². The van der Waals surface area contributed by atoms with Crippen molar-refractivity contribution in [3.8, 4) is 22.7 Å². The Hall–Kier alpha value is -3.35. The normalized spacial score (nSPS) is 12.9. The molecule has 2 heterocycles. The molecular weight excluding hydrogens is 425 g/mol. The molecule has 30 heavy (non-hydrogen) atoms. The number of carbonyl (C=O) groups excluding carboxylic acids is 1. The first kappa shape index (κ1) is 18.7. The Kier molecular flexibility index (Phi) is 4.46. The molecule has 0 bridgehead atoms. The van der Waals surface area contributed by atoms with E-state index in [4.69, 9.17) is 27.9 Å². The maximum absolute atomic E-state index is 13.1. The number of rotatable bonds is 2. The first-order chi connectivity index (χ1) is 14.5. The van der Waals surface area contributed by atoms with Gasteiger partial charge in [0, 0.05) is 21.0 Å². The lowest BCUT2D eigenvalue weighted by Crippen LogP contribution is -2.25. The maximum atomic E-state index is 13.1. The Balaban J connectivity index is 1.78. The van der Waals surface area contributed by atoms with Crippen molar-refractivity contribution in [3.63, 3.8) is 0 Å². The summed E-state index contributed by atoms with van der Waals surface area (Å²) in [6, 6.07) is 17.4. The molecule has 0 unspecified atom stereocenters. The van der Waals surface area contributed by atoms with E-state index in [-0.39, 0.29) is 18.1 Å². The van der Waals surface area contributed by atoms with Crippen LogP contribution in [0.15, 0.2) is 65.5 Å². The monoisotopic (exact) mass is 437 g/mol. The van der Waals surface area contributed by atoms with Gasteiger partial charge in [-0.05, 0) is 42.5 Å². The summed E-state index contributed by atoms with van der Waals surface area (Å²) in [6.45, 7) is -0.0199. The number of aromatic nitrogens is 2. The first-order valence-corrected chi connectivity index (χ1v) is 9.81. The van der Waals surface area contributed by atoms with Crippen LogP contribution in [0.1, 0.15) is 0 Å². The molecule has 8 heteroatoms. The SMILES string of the molecule is O=C1COc2ccc(-c3nn(-c4cc(Cl)cc(Cl)c4)c(=O)c4ccccc34)cc2N1. The second-order valence-corrected chi connectivity index (χ2v) is 7.66. The van der Waals surface area contributed by atoms with Crippen molar-refractivity contribution in [3.05, 3.63) is 81.1 Å². The molecule has 3 aromatic carbocycles. The number of nitrogens with one attached hydrogen (secondary N) is 1. The van der Waals surface area contributed by atoms with E-state index in [9.17, 15) is 9.59 Å². The fourth-order valence-electron chi connectivity index (χ4n) is 3.47. The van der Waals surface area contributed by atoms with Gasteiger partial charge in [-0.1, -0.05) is 41.4 Å². The van der Waals surface area contributed by atoms with Crippen LogP contribution < -0.4 is 15.6 Å². The van der Waals surface area contributed by atoms with Gasteiger partial charge in [-0.15, -0.1) is 0 Å². The van der Waals surface area contributed by atoms with Crippen molar-refractivity contribution in [2.45, 2.75) is 0 Å². The molecule has 0 aliphatic carbocycles. The van der Waals surface area contributed by atoms with Gasteiger partial charge in [0.25, 0.3) is 11.5 Å². The molecule has 1 aromatic heterocycles. The number of amides is 1. The summed E-state index contributed by atoms with van der Waals surface area (Å²) in [7, 11) is 0. The largest absolute Gasteiger partial charge is 0.482 e. The van der Waals surface area contributed by atoms with Crippen LogP contribution in [0.3, 0.4) is 0 Å². The number of carbonyl (C=O) groups is 1. The highest BCUT2D eigenvalue weighted by Crippen LogP contribution is 2.34. The molecular formula is C22H13Cl2N3O3. The molecule has 0 saturated heterocycles. The van der Waals surface area contributed by atoms with Crippen molar-refractivity contribution in [2.75, 3.05) is 11.9 Å². The fourth-order valence-corrected chi connectivity index (χ4v) is 3.98. The number of halogens is 2. The predicted molar refractivity (Wildman–Crippen MR) is 117 cm³/mol. The van der Waals surface area contributed by atoms with Gasteiger partial charge < -0.3 is 10.1 Å². The van der Waals surface area contributed by atoms with E-state index in [2.05, 4.69) is 10.4 Å². The van der Waals surface area contributed by atoms with Crippen LogP contribution in [0.5, 0.6) is 5.75 Å². The van der Waals surface area contributed by atoms with Gasteiger partial charge >= 0.3 is 0 Å². The van der Waals surface area contributed by atoms with Crippen LogP contribution in [-0.2, 0) is 4.79 Å². The highest BCUT2D eigenvalue weighted by Gasteiger charge is 2.19. The van der Waals surface area contributed by atoms with E-state index in [1.54, 1.807) is 42.5 Å². The predicted octanol–water partition coefficient (Wildman–Crippen LogP) is 4.69. The number of fused-ring (bicyclic) bond motifs is 2. The second-order valence-electron chi connectivity index (χ2n) is 6.79. The van der Waals surface area contributed by atoms with Crippen molar-refractivity contribution in [1.82, 2.24) is 9.78 Å². The number of benzene rings is 3. The smallest absolute Gasteiger partial charge is 0.279 e. The molecule has 0 spiro atoms. The summed E-state index contributed by atoms with van der Waals surface area (Å²) < 4.78 is 6.72. The Morgan fingerprint density at radius 3 is 2.43 bits per heavy atom. The van der Waals surface area contributed by atoms with Crippen molar-refractivity contribution < 1.29 is 9.53 Å². The van der Waals surface area contributed by atoms with Gasteiger partial charge in [0.05, 0.1) is 22.5 Å². The summed E-state index contributed by atoms with van der Waals surface area (Å²) in [5.41, 5.74) is 2.01. The summed E-state index contributed by atoms with van der Waals surface area (Å²) in [4.78, 5) is 24.9. The van der Waals surface area contributed by atoms with E-state index in [0.29, 0.717) is 43.6 Å². The minimum atomic E-state index is -0.290. The first-order valence-electron chi connectivity index (χ1n) is 9.05. The minimum Gasteiger partial charge on any atom is -0.482 e. The molecule has 1 amide bonds. The average Bonchev–Trinajstić information content (AvgIpc) is 2.73. The lowest BCUT2D eigenvalue weighted by atomic mass is 10.0. The van der Waals surface area contributed by atoms with E-state index in [0.717, 1.165) is 5.56 Å². The van der Waals surface area contributed by atoms with Crippen LogP contribution in [-0.4, -0.2) is 22.3 Å². The number of hydrogen-bond donors (Lipinski definition) is 1. The molecule has 0 atom stereocenters. The summed E-state index contributed by atoms with van der Waals surface area (Å²) >= 11 is 12.3. The van der Waals surface area contributed by atoms with Gasteiger partial charge in [-0.25, -0.2) is 0 Å². The zero-order chi connectivity index (χ0) is 20.8.